The van der Waals surface area contributed by atoms with E-state index in [0.717, 1.165) is 44.3 Å². The van der Waals surface area contributed by atoms with Gasteiger partial charge in [-0.1, -0.05) is 152 Å². The number of rotatable bonds is 5. The quantitative estimate of drug-likeness (QED) is 0.206. The average molecular weight is 626 g/mol. The second kappa shape index (κ2) is 10.8. The highest BCUT2D eigenvalue weighted by atomic mass is 16.3. The molecule has 1 aliphatic rings. The van der Waals surface area contributed by atoms with Crippen LogP contribution in [-0.4, -0.2) is 0 Å². The SMILES string of the molecule is c1ccc(C2(c3ccccc3)c3ccccc3-c3ccc(-c4cccc(Nc5cccc6c5oc5c7ccccc7ccc65)c4)cc32)cc1. The number of hydrogen-bond acceptors (Lipinski definition) is 2. The number of para-hydroxylation sites is 1. The van der Waals surface area contributed by atoms with Gasteiger partial charge in [0.15, 0.2) is 5.58 Å². The molecular formula is C47H31NO. The Morgan fingerprint density at radius 1 is 0.408 bits per heavy atom. The fourth-order valence-electron chi connectivity index (χ4n) is 8.18. The van der Waals surface area contributed by atoms with Crippen molar-refractivity contribution in [2.75, 3.05) is 5.32 Å². The van der Waals surface area contributed by atoms with Crippen LogP contribution >= 0.6 is 0 Å². The molecule has 0 unspecified atom stereocenters. The number of fused-ring (bicyclic) bond motifs is 8. The van der Waals surface area contributed by atoms with E-state index >= 15 is 0 Å². The maximum absolute atomic E-state index is 6.61. The number of benzene rings is 8. The standard InChI is InChI=1S/C47H31NO/c1-3-15-34(16-4-1)47(35-17-5-2-6-18-35)42-23-10-9-21-38(42)39-27-26-33(30-43(39)47)32-14-11-19-36(29-32)48-44-24-12-22-40-41-28-25-31-13-7-8-20-37(31)45(41)49-46(40)44/h1-30,48H. The van der Waals surface area contributed by atoms with Crippen LogP contribution in [0.15, 0.2) is 186 Å². The molecule has 0 aliphatic heterocycles. The number of nitrogens with one attached hydrogen (secondary N) is 1. The summed E-state index contributed by atoms with van der Waals surface area (Å²) in [6, 6.07) is 65.7. The molecule has 0 saturated heterocycles. The van der Waals surface area contributed by atoms with E-state index in [1.165, 1.54) is 44.3 Å². The van der Waals surface area contributed by atoms with Crippen LogP contribution in [0.1, 0.15) is 22.3 Å². The Morgan fingerprint density at radius 2 is 1.06 bits per heavy atom. The number of furan rings is 1. The molecule has 1 heterocycles. The van der Waals surface area contributed by atoms with Crippen LogP contribution in [0, 0.1) is 0 Å². The fraction of sp³-hybridized carbons (Fsp3) is 0.0213. The molecule has 9 aromatic rings. The molecule has 1 aliphatic carbocycles. The van der Waals surface area contributed by atoms with Gasteiger partial charge in [0, 0.05) is 21.8 Å². The van der Waals surface area contributed by atoms with Crippen molar-refractivity contribution in [1.82, 2.24) is 0 Å². The lowest BCUT2D eigenvalue weighted by Crippen LogP contribution is -2.28. The molecule has 49 heavy (non-hydrogen) atoms. The van der Waals surface area contributed by atoms with Gasteiger partial charge >= 0.3 is 0 Å². The minimum Gasteiger partial charge on any atom is -0.453 e. The molecule has 2 nitrogen and oxygen atoms in total. The highest BCUT2D eigenvalue weighted by Crippen LogP contribution is 2.56. The first-order chi connectivity index (χ1) is 24.3. The van der Waals surface area contributed by atoms with E-state index in [1.54, 1.807) is 0 Å². The highest BCUT2D eigenvalue weighted by molar-refractivity contribution is 6.17. The largest absolute Gasteiger partial charge is 0.453 e. The first kappa shape index (κ1) is 27.7. The molecular weight excluding hydrogens is 595 g/mol. The van der Waals surface area contributed by atoms with E-state index in [4.69, 9.17) is 4.42 Å². The van der Waals surface area contributed by atoms with Crippen LogP contribution in [0.25, 0.3) is 55.0 Å². The van der Waals surface area contributed by atoms with E-state index in [0.29, 0.717) is 0 Å². The van der Waals surface area contributed by atoms with Gasteiger partial charge in [0.1, 0.15) is 5.58 Å². The summed E-state index contributed by atoms with van der Waals surface area (Å²) in [4.78, 5) is 0. The Morgan fingerprint density at radius 3 is 1.90 bits per heavy atom. The summed E-state index contributed by atoms with van der Waals surface area (Å²) in [7, 11) is 0. The van der Waals surface area contributed by atoms with Gasteiger partial charge in [-0.3, -0.25) is 0 Å². The summed E-state index contributed by atoms with van der Waals surface area (Å²) in [6.45, 7) is 0. The summed E-state index contributed by atoms with van der Waals surface area (Å²) in [5.41, 5.74) is 13.4. The smallest absolute Gasteiger partial charge is 0.158 e. The normalized spacial score (nSPS) is 13.1. The van der Waals surface area contributed by atoms with E-state index in [2.05, 4.69) is 187 Å². The van der Waals surface area contributed by atoms with Crippen molar-refractivity contribution in [2.24, 2.45) is 0 Å². The van der Waals surface area contributed by atoms with Crippen molar-refractivity contribution in [1.29, 1.82) is 0 Å². The lowest BCUT2D eigenvalue weighted by Gasteiger charge is -2.34. The Bertz CT molecular complexity index is 2650. The molecule has 0 atom stereocenters. The maximum Gasteiger partial charge on any atom is 0.158 e. The predicted molar refractivity (Wildman–Crippen MR) is 204 cm³/mol. The van der Waals surface area contributed by atoms with Crippen LogP contribution in [0.4, 0.5) is 11.4 Å². The molecule has 8 aromatic carbocycles. The van der Waals surface area contributed by atoms with Gasteiger partial charge in [-0.25, -0.2) is 0 Å². The highest BCUT2D eigenvalue weighted by Gasteiger charge is 2.46. The van der Waals surface area contributed by atoms with Gasteiger partial charge in [-0.2, -0.15) is 0 Å². The molecule has 0 spiro atoms. The number of hydrogen-bond donors (Lipinski definition) is 1. The number of anilines is 2. The Labute approximate surface area is 284 Å². The molecule has 10 rings (SSSR count). The molecule has 0 fully saturated rings. The third-order valence-corrected chi connectivity index (χ3v) is 10.3. The zero-order valence-electron chi connectivity index (χ0n) is 26.7. The van der Waals surface area contributed by atoms with Crippen LogP contribution in [0.3, 0.4) is 0 Å². The van der Waals surface area contributed by atoms with Crippen LogP contribution in [0.5, 0.6) is 0 Å². The van der Waals surface area contributed by atoms with Gasteiger partial charge < -0.3 is 9.73 Å². The molecule has 0 radical (unpaired) electrons. The lowest BCUT2D eigenvalue weighted by molar-refractivity contribution is 0.674. The Hall–Kier alpha value is -6.38. The minimum atomic E-state index is -0.429. The van der Waals surface area contributed by atoms with Gasteiger partial charge in [0.05, 0.1) is 11.1 Å². The molecule has 2 heteroatoms. The molecule has 0 bridgehead atoms. The minimum absolute atomic E-state index is 0.429. The second-order valence-corrected chi connectivity index (χ2v) is 12.9. The van der Waals surface area contributed by atoms with Gasteiger partial charge in [-0.05, 0) is 80.2 Å². The first-order valence-electron chi connectivity index (χ1n) is 16.8. The first-order valence-corrected chi connectivity index (χ1v) is 16.8. The zero-order chi connectivity index (χ0) is 32.4. The zero-order valence-corrected chi connectivity index (χ0v) is 26.7. The van der Waals surface area contributed by atoms with E-state index in [-0.39, 0.29) is 0 Å². The Balaban J connectivity index is 1.10. The molecule has 0 amide bonds. The van der Waals surface area contributed by atoms with E-state index < -0.39 is 5.41 Å². The third-order valence-electron chi connectivity index (χ3n) is 10.3. The van der Waals surface area contributed by atoms with Crippen molar-refractivity contribution in [3.05, 3.63) is 204 Å². The lowest BCUT2D eigenvalue weighted by atomic mass is 9.67. The topological polar surface area (TPSA) is 25.2 Å². The van der Waals surface area contributed by atoms with Crippen molar-refractivity contribution >= 4 is 44.1 Å². The summed E-state index contributed by atoms with van der Waals surface area (Å²) in [6.07, 6.45) is 0. The molecule has 1 N–H and O–H groups in total. The van der Waals surface area contributed by atoms with Crippen molar-refractivity contribution in [3.8, 4) is 22.3 Å². The van der Waals surface area contributed by atoms with Crippen LogP contribution in [-0.2, 0) is 5.41 Å². The van der Waals surface area contributed by atoms with Crippen molar-refractivity contribution < 1.29 is 4.42 Å². The monoisotopic (exact) mass is 625 g/mol. The van der Waals surface area contributed by atoms with Gasteiger partial charge in [0.2, 0.25) is 0 Å². The van der Waals surface area contributed by atoms with E-state index in [1.807, 2.05) is 0 Å². The second-order valence-electron chi connectivity index (χ2n) is 12.9. The van der Waals surface area contributed by atoms with Crippen molar-refractivity contribution in [3.63, 3.8) is 0 Å². The summed E-state index contributed by atoms with van der Waals surface area (Å²) in [5.74, 6) is 0. The van der Waals surface area contributed by atoms with Crippen LogP contribution in [0.2, 0.25) is 0 Å². The van der Waals surface area contributed by atoms with Crippen LogP contribution < -0.4 is 5.32 Å². The molecule has 0 saturated carbocycles. The fourth-order valence-corrected chi connectivity index (χ4v) is 8.18. The summed E-state index contributed by atoms with van der Waals surface area (Å²) >= 11 is 0. The van der Waals surface area contributed by atoms with Gasteiger partial charge in [0.25, 0.3) is 0 Å². The molecule has 1 aromatic heterocycles. The van der Waals surface area contributed by atoms with Crippen molar-refractivity contribution in [2.45, 2.75) is 5.41 Å². The van der Waals surface area contributed by atoms with Gasteiger partial charge in [-0.15, -0.1) is 0 Å². The average Bonchev–Trinajstić information content (AvgIpc) is 3.71. The summed E-state index contributed by atoms with van der Waals surface area (Å²) in [5, 5.41) is 8.25. The molecule has 230 valence electrons. The maximum atomic E-state index is 6.61. The van der Waals surface area contributed by atoms with E-state index in [9.17, 15) is 0 Å². The third kappa shape index (κ3) is 4.14. The Kier molecular flexibility index (Phi) is 6.13. The summed E-state index contributed by atoms with van der Waals surface area (Å²) < 4.78 is 6.61. The predicted octanol–water partition coefficient (Wildman–Crippen LogP) is 12.5.